The molecule has 0 radical (unpaired) electrons. The molecule has 1 heterocycles. The maximum Gasteiger partial charge on any atom is 0.335 e. The standard InChI is InChI=1S/C26H25NO8S/c1-2-6-18-13-20(26(29)30)10-11-21(18)35-24(19-9-12-22-23(14-19)34-16-33-22)25(28)27-36(31,32)15-17-7-4-3-5-8-17/h3-5,7-14,24H,2,6,15-16H2,1H3,(H,27,28)(H,29,30). The summed E-state index contributed by atoms with van der Waals surface area (Å²) in [5.41, 5.74) is 1.53. The molecule has 4 rings (SSSR count). The van der Waals surface area contributed by atoms with Crippen molar-refractivity contribution in [3.63, 3.8) is 0 Å². The highest BCUT2D eigenvalue weighted by atomic mass is 32.2. The molecule has 0 saturated heterocycles. The minimum Gasteiger partial charge on any atom is -0.478 e. The number of ether oxygens (including phenoxy) is 3. The summed E-state index contributed by atoms with van der Waals surface area (Å²) in [6.45, 7) is 1.95. The van der Waals surface area contributed by atoms with Gasteiger partial charge in [0.25, 0.3) is 5.91 Å². The van der Waals surface area contributed by atoms with Crippen molar-refractivity contribution >= 4 is 21.9 Å². The Morgan fingerprint density at radius 2 is 1.78 bits per heavy atom. The van der Waals surface area contributed by atoms with Gasteiger partial charge >= 0.3 is 5.97 Å². The molecule has 36 heavy (non-hydrogen) atoms. The molecule has 1 aliphatic heterocycles. The van der Waals surface area contributed by atoms with Crippen molar-refractivity contribution in [1.82, 2.24) is 4.72 Å². The third-order valence-corrected chi connectivity index (χ3v) is 6.69. The smallest absolute Gasteiger partial charge is 0.335 e. The Kier molecular flexibility index (Phi) is 7.44. The lowest BCUT2D eigenvalue weighted by Crippen LogP contribution is -2.37. The van der Waals surface area contributed by atoms with Crippen molar-refractivity contribution in [2.24, 2.45) is 0 Å². The van der Waals surface area contributed by atoms with Gasteiger partial charge in [0.2, 0.25) is 22.9 Å². The second kappa shape index (κ2) is 10.7. The Labute approximate surface area is 208 Å². The summed E-state index contributed by atoms with van der Waals surface area (Å²) in [6.07, 6.45) is -0.166. The average Bonchev–Trinajstić information content (AvgIpc) is 3.31. The fourth-order valence-electron chi connectivity index (χ4n) is 3.80. The van der Waals surface area contributed by atoms with E-state index in [1.165, 1.54) is 18.2 Å². The predicted molar refractivity (Wildman–Crippen MR) is 131 cm³/mol. The molecule has 0 spiro atoms. The number of carbonyl (C=O) groups excluding carboxylic acids is 1. The van der Waals surface area contributed by atoms with Gasteiger partial charge in [0, 0.05) is 5.56 Å². The number of carbonyl (C=O) groups is 2. The first-order valence-electron chi connectivity index (χ1n) is 11.3. The first-order chi connectivity index (χ1) is 17.3. The van der Waals surface area contributed by atoms with Gasteiger partial charge in [0.1, 0.15) is 5.75 Å². The fraction of sp³-hybridized carbons (Fsp3) is 0.231. The molecule has 10 heteroatoms. The van der Waals surface area contributed by atoms with E-state index in [4.69, 9.17) is 14.2 Å². The Morgan fingerprint density at radius 3 is 2.50 bits per heavy atom. The Bertz CT molecular complexity index is 1370. The Morgan fingerprint density at radius 1 is 1.03 bits per heavy atom. The van der Waals surface area contributed by atoms with Crippen LogP contribution in [0.25, 0.3) is 0 Å². The van der Waals surface area contributed by atoms with Gasteiger partial charge in [-0.25, -0.2) is 17.9 Å². The van der Waals surface area contributed by atoms with E-state index in [0.29, 0.717) is 41.0 Å². The molecule has 3 aromatic rings. The number of amides is 1. The average molecular weight is 512 g/mol. The number of fused-ring (bicyclic) bond motifs is 1. The molecule has 9 nitrogen and oxygen atoms in total. The number of hydrogen-bond acceptors (Lipinski definition) is 7. The second-order valence-corrected chi connectivity index (χ2v) is 9.92. The minimum absolute atomic E-state index is 0.0270. The predicted octanol–water partition coefficient (Wildman–Crippen LogP) is 3.83. The van der Waals surface area contributed by atoms with Crippen LogP contribution in [0, 0.1) is 0 Å². The van der Waals surface area contributed by atoms with E-state index in [1.807, 2.05) is 6.92 Å². The van der Waals surface area contributed by atoms with Crippen LogP contribution in [0.1, 0.15) is 46.5 Å². The van der Waals surface area contributed by atoms with Crippen LogP contribution in [0.15, 0.2) is 66.7 Å². The SMILES string of the molecule is CCCc1cc(C(=O)O)ccc1OC(C(=O)NS(=O)(=O)Cc1ccccc1)c1ccc2c(c1)OCO2. The highest BCUT2D eigenvalue weighted by Crippen LogP contribution is 2.36. The first-order valence-corrected chi connectivity index (χ1v) is 12.9. The van der Waals surface area contributed by atoms with Gasteiger partial charge in [-0.3, -0.25) is 4.79 Å². The van der Waals surface area contributed by atoms with Crippen molar-refractivity contribution in [2.45, 2.75) is 31.6 Å². The molecular weight excluding hydrogens is 486 g/mol. The summed E-state index contributed by atoms with van der Waals surface area (Å²) in [5, 5.41) is 9.36. The molecule has 1 unspecified atom stereocenters. The molecule has 0 bridgehead atoms. The van der Waals surface area contributed by atoms with Crippen LogP contribution in [-0.4, -0.2) is 32.2 Å². The van der Waals surface area contributed by atoms with E-state index in [1.54, 1.807) is 48.5 Å². The van der Waals surface area contributed by atoms with E-state index < -0.39 is 28.0 Å². The maximum absolute atomic E-state index is 13.3. The van der Waals surface area contributed by atoms with E-state index in [-0.39, 0.29) is 23.9 Å². The maximum atomic E-state index is 13.3. The quantitative estimate of drug-likeness (QED) is 0.420. The van der Waals surface area contributed by atoms with Gasteiger partial charge in [-0.2, -0.15) is 0 Å². The number of sulfonamides is 1. The third kappa shape index (κ3) is 5.95. The number of carboxylic acid groups (broad SMARTS) is 1. The molecular formula is C26H25NO8S. The molecule has 188 valence electrons. The van der Waals surface area contributed by atoms with Gasteiger partial charge in [-0.15, -0.1) is 0 Å². The van der Waals surface area contributed by atoms with Crippen LogP contribution in [0.4, 0.5) is 0 Å². The summed E-state index contributed by atoms with van der Waals surface area (Å²) in [6, 6.07) is 17.6. The van der Waals surface area contributed by atoms with Crippen LogP contribution in [0.3, 0.4) is 0 Å². The van der Waals surface area contributed by atoms with Crippen LogP contribution in [-0.2, 0) is 27.0 Å². The zero-order valence-electron chi connectivity index (χ0n) is 19.5. The second-order valence-electron chi connectivity index (χ2n) is 8.20. The van der Waals surface area contributed by atoms with E-state index in [2.05, 4.69) is 4.72 Å². The van der Waals surface area contributed by atoms with Gasteiger partial charge in [-0.05, 0) is 47.9 Å². The van der Waals surface area contributed by atoms with Crippen LogP contribution >= 0.6 is 0 Å². The van der Waals surface area contributed by atoms with Crippen LogP contribution < -0.4 is 18.9 Å². The lowest BCUT2D eigenvalue weighted by Gasteiger charge is -2.21. The van der Waals surface area contributed by atoms with Gasteiger partial charge in [0.05, 0.1) is 11.3 Å². The molecule has 0 saturated carbocycles. The normalized spacial score (nSPS) is 13.1. The first kappa shape index (κ1) is 25.1. The number of rotatable bonds is 10. The Balaban J connectivity index is 1.66. The summed E-state index contributed by atoms with van der Waals surface area (Å²) >= 11 is 0. The highest BCUT2D eigenvalue weighted by Gasteiger charge is 2.29. The number of hydrogen-bond donors (Lipinski definition) is 2. The number of aryl methyl sites for hydroxylation is 1. The van der Waals surface area contributed by atoms with Gasteiger partial charge < -0.3 is 19.3 Å². The third-order valence-electron chi connectivity index (χ3n) is 5.46. The van der Waals surface area contributed by atoms with Gasteiger partial charge in [0.15, 0.2) is 11.5 Å². The van der Waals surface area contributed by atoms with Crippen molar-refractivity contribution in [3.05, 3.63) is 89.0 Å². The molecule has 0 aliphatic carbocycles. The fourth-order valence-corrected chi connectivity index (χ4v) is 4.92. The monoisotopic (exact) mass is 511 g/mol. The highest BCUT2D eigenvalue weighted by molar-refractivity contribution is 7.89. The minimum atomic E-state index is -4.04. The van der Waals surface area contributed by atoms with E-state index >= 15 is 0 Å². The summed E-state index contributed by atoms with van der Waals surface area (Å²) < 4.78 is 44.5. The Hall–Kier alpha value is -4.05. The summed E-state index contributed by atoms with van der Waals surface area (Å²) in [4.78, 5) is 24.8. The van der Waals surface area contributed by atoms with Crippen LogP contribution in [0.2, 0.25) is 0 Å². The van der Waals surface area contributed by atoms with Crippen molar-refractivity contribution < 1.29 is 37.3 Å². The topological polar surface area (TPSA) is 128 Å². The lowest BCUT2D eigenvalue weighted by molar-refractivity contribution is -0.126. The van der Waals surface area contributed by atoms with Gasteiger partial charge in [-0.1, -0.05) is 49.7 Å². The number of aromatic carboxylic acids is 1. The summed E-state index contributed by atoms with van der Waals surface area (Å²) in [7, 11) is -4.04. The summed E-state index contributed by atoms with van der Waals surface area (Å²) in [5.74, 6) is -1.20. The molecule has 1 amide bonds. The zero-order chi connectivity index (χ0) is 25.7. The molecule has 3 aromatic carbocycles. The molecule has 0 aromatic heterocycles. The molecule has 1 atom stereocenters. The molecule has 0 fully saturated rings. The van der Waals surface area contributed by atoms with Crippen LogP contribution in [0.5, 0.6) is 17.2 Å². The van der Waals surface area contributed by atoms with E-state index in [0.717, 1.165) is 0 Å². The largest absolute Gasteiger partial charge is 0.478 e. The van der Waals surface area contributed by atoms with Crippen molar-refractivity contribution in [1.29, 1.82) is 0 Å². The number of nitrogens with one attached hydrogen (secondary N) is 1. The number of carboxylic acids is 1. The molecule has 2 N–H and O–H groups in total. The molecule has 1 aliphatic rings. The zero-order valence-corrected chi connectivity index (χ0v) is 20.3. The number of benzene rings is 3. The lowest BCUT2D eigenvalue weighted by atomic mass is 10.0. The van der Waals surface area contributed by atoms with E-state index in [9.17, 15) is 23.1 Å². The van der Waals surface area contributed by atoms with Crippen molar-refractivity contribution in [3.8, 4) is 17.2 Å². The van der Waals surface area contributed by atoms with Crippen molar-refractivity contribution in [2.75, 3.05) is 6.79 Å².